The molecule has 0 radical (unpaired) electrons. The van der Waals surface area contributed by atoms with E-state index in [1.165, 1.54) is 11.6 Å². The summed E-state index contributed by atoms with van der Waals surface area (Å²) >= 11 is 0. The Balaban J connectivity index is 1.43. The van der Waals surface area contributed by atoms with Crippen molar-refractivity contribution < 1.29 is 14.2 Å². The van der Waals surface area contributed by atoms with Crippen molar-refractivity contribution >= 4 is 5.69 Å². The predicted molar refractivity (Wildman–Crippen MR) is 130 cm³/mol. The van der Waals surface area contributed by atoms with Crippen LogP contribution in [0.15, 0.2) is 48.5 Å². The van der Waals surface area contributed by atoms with Crippen LogP contribution in [0.2, 0.25) is 0 Å². The third-order valence-electron chi connectivity index (χ3n) is 6.08. The Labute approximate surface area is 193 Å². The van der Waals surface area contributed by atoms with Gasteiger partial charge in [-0.2, -0.15) is 0 Å². The summed E-state index contributed by atoms with van der Waals surface area (Å²) in [6.45, 7) is 15.3. The molecule has 0 saturated carbocycles. The number of β-amino-alcohol motifs (C(OH)–C–C–N with tert-alkyl or cyclic N) is 1. The van der Waals surface area contributed by atoms with Gasteiger partial charge in [0.2, 0.25) is 0 Å². The minimum atomic E-state index is -0.563. The Morgan fingerprint density at radius 1 is 0.938 bits per heavy atom. The Kier molecular flexibility index (Phi) is 7.84. The molecule has 0 aromatic heterocycles. The highest BCUT2D eigenvalue weighted by Crippen LogP contribution is 2.36. The Morgan fingerprint density at radius 2 is 1.56 bits per heavy atom. The topological polar surface area (TPSA) is 35.9 Å². The SMILES string of the molecule is CC(C)(C)CC(C)(C)c1ccc(OCC(O)CN2CCN(c3ccccc3F)CC2)cc1. The van der Waals surface area contributed by atoms with Gasteiger partial charge >= 0.3 is 0 Å². The first-order valence-corrected chi connectivity index (χ1v) is 11.7. The maximum Gasteiger partial charge on any atom is 0.146 e. The third kappa shape index (κ3) is 6.94. The van der Waals surface area contributed by atoms with Crippen LogP contribution in [0.4, 0.5) is 10.1 Å². The number of aliphatic hydroxyl groups excluding tert-OH is 1. The minimum absolute atomic E-state index is 0.0983. The Morgan fingerprint density at radius 3 is 2.16 bits per heavy atom. The van der Waals surface area contributed by atoms with Crippen molar-refractivity contribution in [3.05, 3.63) is 59.9 Å². The lowest BCUT2D eigenvalue weighted by atomic mass is 9.72. The monoisotopic (exact) mass is 442 g/mol. The summed E-state index contributed by atoms with van der Waals surface area (Å²) in [5, 5.41) is 10.5. The first kappa shape index (κ1) is 24.5. The zero-order valence-corrected chi connectivity index (χ0v) is 20.3. The molecule has 4 nitrogen and oxygen atoms in total. The van der Waals surface area contributed by atoms with Crippen molar-refractivity contribution in [2.75, 3.05) is 44.2 Å². The minimum Gasteiger partial charge on any atom is -0.491 e. The average molecular weight is 443 g/mol. The molecule has 32 heavy (non-hydrogen) atoms. The van der Waals surface area contributed by atoms with E-state index in [2.05, 4.69) is 56.6 Å². The van der Waals surface area contributed by atoms with Gasteiger partial charge in [0.05, 0.1) is 5.69 Å². The highest BCUT2D eigenvalue weighted by molar-refractivity contribution is 5.48. The van der Waals surface area contributed by atoms with Gasteiger partial charge in [-0.15, -0.1) is 0 Å². The van der Waals surface area contributed by atoms with Crippen LogP contribution < -0.4 is 9.64 Å². The molecule has 1 aliphatic heterocycles. The van der Waals surface area contributed by atoms with Crippen LogP contribution in [0.3, 0.4) is 0 Å². The average Bonchev–Trinajstić information content (AvgIpc) is 2.72. The fraction of sp³-hybridized carbons (Fsp3) is 0.556. The van der Waals surface area contributed by atoms with Gasteiger partial charge in [-0.1, -0.05) is 58.9 Å². The lowest BCUT2D eigenvalue weighted by molar-refractivity contribution is 0.0662. The summed E-state index contributed by atoms with van der Waals surface area (Å²) in [5.41, 5.74) is 2.32. The van der Waals surface area contributed by atoms with Gasteiger partial charge in [-0.25, -0.2) is 4.39 Å². The molecule has 0 bridgehead atoms. The van der Waals surface area contributed by atoms with Crippen LogP contribution in [0, 0.1) is 11.2 Å². The largest absolute Gasteiger partial charge is 0.491 e. The van der Waals surface area contributed by atoms with Crippen LogP contribution >= 0.6 is 0 Å². The lowest BCUT2D eigenvalue weighted by Crippen LogP contribution is -2.49. The smallest absolute Gasteiger partial charge is 0.146 e. The molecule has 5 heteroatoms. The number of hydrogen-bond donors (Lipinski definition) is 1. The molecule has 1 atom stereocenters. The quantitative estimate of drug-likeness (QED) is 0.617. The van der Waals surface area contributed by atoms with E-state index < -0.39 is 6.10 Å². The Bertz CT molecular complexity index is 853. The van der Waals surface area contributed by atoms with Gasteiger partial charge in [0, 0.05) is 32.7 Å². The molecule has 2 aromatic rings. The zero-order chi connectivity index (χ0) is 23.4. The summed E-state index contributed by atoms with van der Waals surface area (Å²) in [4.78, 5) is 4.28. The molecule has 2 aromatic carbocycles. The van der Waals surface area contributed by atoms with Crippen molar-refractivity contribution in [3.8, 4) is 5.75 Å². The van der Waals surface area contributed by atoms with Crippen LogP contribution in [-0.4, -0.2) is 55.4 Å². The molecule has 0 aliphatic carbocycles. The number of anilines is 1. The lowest BCUT2D eigenvalue weighted by Gasteiger charge is -2.37. The molecule has 1 heterocycles. The second-order valence-electron chi connectivity index (χ2n) is 10.8. The standard InChI is InChI=1S/C27H39FN2O2/c1-26(2,3)20-27(4,5)21-10-12-23(13-11-21)32-19-22(31)18-29-14-16-30(17-15-29)25-9-7-6-8-24(25)28/h6-13,22,31H,14-20H2,1-5H3. The molecule has 0 amide bonds. The molecule has 176 valence electrons. The second kappa shape index (κ2) is 10.2. The van der Waals surface area contributed by atoms with Gasteiger partial charge in [0.1, 0.15) is 24.3 Å². The molecule has 1 unspecified atom stereocenters. The number of nitrogens with zero attached hydrogens (tertiary/aromatic N) is 2. The summed E-state index contributed by atoms with van der Waals surface area (Å²) in [6, 6.07) is 15.2. The number of rotatable bonds is 8. The van der Waals surface area contributed by atoms with Crippen molar-refractivity contribution in [1.29, 1.82) is 0 Å². The van der Waals surface area contributed by atoms with E-state index >= 15 is 0 Å². The number of para-hydroxylation sites is 1. The Hall–Kier alpha value is -2.11. The van der Waals surface area contributed by atoms with Gasteiger partial charge in [-0.05, 0) is 47.1 Å². The molecular weight excluding hydrogens is 403 g/mol. The molecule has 0 spiro atoms. The maximum atomic E-state index is 14.0. The van der Waals surface area contributed by atoms with Crippen LogP contribution in [0.25, 0.3) is 0 Å². The summed E-state index contributed by atoms with van der Waals surface area (Å²) in [5.74, 6) is 0.603. The number of aliphatic hydroxyl groups is 1. The number of benzene rings is 2. The van der Waals surface area contributed by atoms with E-state index in [0.717, 1.165) is 38.3 Å². The number of halogens is 1. The molecule has 1 N–H and O–H groups in total. The van der Waals surface area contributed by atoms with Crippen molar-refractivity contribution in [2.24, 2.45) is 5.41 Å². The highest BCUT2D eigenvalue weighted by Gasteiger charge is 2.27. The van der Waals surface area contributed by atoms with Crippen LogP contribution in [0.5, 0.6) is 5.75 Å². The first-order chi connectivity index (χ1) is 15.0. The summed E-state index contributed by atoms with van der Waals surface area (Å²) in [7, 11) is 0. The van der Waals surface area contributed by atoms with Crippen LogP contribution in [-0.2, 0) is 5.41 Å². The number of piperazine rings is 1. The summed E-state index contributed by atoms with van der Waals surface area (Å²) in [6.07, 6.45) is 0.537. The molecular formula is C27H39FN2O2. The van der Waals surface area contributed by atoms with E-state index in [0.29, 0.717) is 12.2 Å². The van der Waals surface area contributed by atoms with Crippen molar-refractivity contribution in [1.82, 2.24) is 4.90 Å². The van der Waals surface area contributed by atoms with Crippen molar-refractivity contribution in [2.45, 2.75) is 52.6 Å². The molecule has 3 rings (SSSR count). The third-order valence-corrected chi connectivity index (χ3v) is 6.08. The van der Waals surface area contributed by atoms with Gasteiger partial charge in [0.15, 0.2) is 0 Å². The molecule has 1 saturated heterocycles. The zero-order valence-electron chi connectivity index (χ0n) is 20.3. The summed E-state index contributed by atoms with van der Waals surface area (Å²) < 4.78 is 19.8. The molecule has 1 fully saturated rings. The normalized spacial score (nSPS) is 16.8. The maximum absolute atomic E-state index is 14.0. The number of hydrogen-bond acceptors (Lipinski definition) is 4. The molecule has 1 aliphatic rings. The van der Waals surface area contributed by atoms with E-state index in [1.807, 2.05) is 24.3 Å². The van der Waals surface area contributed by atoms with Gasteiger partial charge in [-0.3, -0.25) is 4.90 Å². The van der Waals surface area contributed by atoms with Gasteiger partial charge in [0.25, 0.3) is 0 Å². The fourth-order valence-electron chi connectivity index (χ4n) is 4.85. The number of ether oxygens (including phenoxy) is 1. The first-order valence-electron chi connectivity index (χ1n) is 11.7. The predicted octanol–water partition coefficient (Wildman–Crippen LogP) is 5.10. The van der Waals surface area contributed by atoms with E-state index in [-0.39, 0.29) is 23.3 Å². The van der Waals surface area contributed by atoms with Crippen LogP contribution in [0.1, 0.15) is 46.6 Å². The van der Waals surface area contributed by atoms with E-state index in [9.17, 15) is 9.50 Å². The highest BCUT2D eigenvalue weighted by atomic mass is 19.1. The second-order valence-corrected chi connectivity index (χ2v) is 10.8. The van der Waals surface area contributed by atoms with E-state index in [4.69, 9.17) is 4.74 Å². The van der Waals surface area contributed by atoms with Crippen molar-refractivity contribution in [3.63, 3.8) is 0 Å². The van der Waals surface area contributed by atoms with E-state index in [1.54, 1.807) is 6.07 Å². The fourth-order valence-corrected chi connectivity index (χ4v) is 4.85. The van der Waals surface area contributed by atoms with Gasteiger partial charge < -0.3 is 14.7 Å².